The Labute approximate surface area is 179 Å². The largest absolute Gasteiger partial charge is 0.273 e. The van der Waals surface area contributed by atoms with Crippen molar-refractivity contribution in [3.05, 3.63) is 75.8 Å². The lowest BCUT2D eigenvalue weighted by Gasteiger charge is -2.30. The molecule has 2 fully saturated rings. The van der Waals surface area contributed by atoms with Crippen molar-refractivity contribution < 1.29 is 19.3 Å². The van der Waals surface area contributed by atoms with E-state index in [2.05, 4.69) is 6.92 Å². The van der Waals surface area contributed by atoms with Crippen LogP contribution < -0.4 is 0 Å². The van der Waals surface area contributed by atoms with Crippen molar-refractivity contribution in [1.29, 1.82) is 0 Å². The highest BCUT2D eigenvalue weighted by atomic mass is 16.6. The van der Waals surface area contributed by atoms with Crippen LogP contribution >= 0.6 is 0 Å². The monoisotopic (exact) mass is 421 g/mol. The zero-order valence-electron chi connectivity index (χ0n) is 17.1. The lowest BCUT2D eigenvalue weighted by atomic mass is 9.76. The predicted molar refractivity (Wildman–Crippen MR) is 111 cm³/mol. The Hall–Kier alpha value is -3.55. The molecule has 2 aliphatic rings. The second-order valence-corrected chi connectivity index (χ2v) is 8.27. The van der Waals surface area contributed by atoms with E-state index in [4.69, 9.17) is 0 Å². The second kappa shape index (κ2) is 8.29. The van der Waals surface area contributed by atoms with Gasteiger partial charge < -0.3 is 0 Å². The molecule has 2 aromatic carbocycles. The van der Waals surface area contributed by atoms with Crippen LogP contribution in [0.4, 0.5) is 5.69 Å². The molecular formula is C23H23N3O5. The van der Waals surface area contributed by atoms with E-state index in [-0.39, 0.29) is 29.6 Å². The van der Waals surface area contributed by atoms with Gasteiger partial charge in [-0.15, -0.1) is 0 Å². The molecule has 0 bridgehead atoms. The van der Waals surface area contributed by atoms with Crippen LogP contribution in [-0.2, 0) is 16.1 Å². The fourth-order valence-electron chi connectivity index (χ4n) is 4.47. The van der Waals surface area contributed by atoms with Crippen LogP contribution in [0.1, 0.15) is 42.1 Å². The summed E-state index contributed by atoms with van der Waals surface area (Å²) >= 11 is 0. The first-order valence-electron chi connectivity index (χ1n) is 10.3. The van der Waals surface area contributed by atoms with Gasteiger partial charge in [0.15, 0.2) is 0 Å². The minimum atomic E-state index is -0.549. The normalized spacial score (nSPS) is 22.9. The molecule has 2 aromatic rings. The molecule has 0 spiro atoms. The van der Waals surface area contributed by atoms with Gasteiger partial charge in [0.25, 0.3) is 23.4 Å². The Kier molecular flexibility index (Phi) is 5.54. The maximum Gasteiger partial charge on any atom is 0.273 e. The number of carbonyl (C=O) groups is 3. The molecule has 0 unspecified atom stereocenters. The standard InChI is InChI=1S/C23H23N3O5/c1-15-7-12-19-20(13-15)23(29)25(22(19)28)24(14-16-5-3-2-4-6-16)21(27)17-8-10-18(11-9-17)26(30)31/h2-6,8-11,15,19-20H,7,12-14H2,1H3/t15-,19+,20-/m1/s1. The van der Waals surface area contributed by atoms with Gasteiger partial charge in [0, 0.05) is 17.7 Å². The summed E-state index contributed by atoms with van der Waals surface area (Å²) in [5, 5.41) is 13.1. The Balaban J connectivity index is 1.69. The van der Waals surface area contributed by atoms with Gasteiger partial charge in [0.05, 0.1) is 23.3 Å². The zero-order valence-corrected chi connectivity index (χ0v) is 17.1. The number of hydrazine groups is 1. The van der Waals surface area contributed by atoms with Crippen LogP contribution in [0.25, 0.3) is 0 Å². The van der Waals surface area contributed by atoms with E-state index in [1.807, 2.05) is 30.3 Å². The van der Waals surface area contributed by atoms with Crippen LogP contribution in [0.3, 0.4) is 0 Å². The minimum absolute atomic E-state index is 0.0448. The van der Waals surface area contributed by atoms with Crippen LogP contribution in [0, 0.1) is 27.9 Å². The number of carbonyl (C=O) groups excluding carboxylic acids is 3. The topological polar surface area (TPSA) is 101 Å². The quantitative estimate of drug-likeness (QED) is 0.417. The summed E-state index contributed by atoms with van der Waals surface area (Å²) in [7, 11) is 0. The fraction of sp³-hybridized carbons (Fsp3) is 0.348. The first-order valence-corrected chi connectivity index (χ1v) is 10.3. The van der Waals surface area contributed by atoms with Gasteiger partial charge in [0.1, 0.15) is 0 Å². The smallest absolute Gasteiger partial charge is 0.272 e. The number of non-ortho nitro benzene ring substituents is 1. The summed E-state index contributed by atoms with van der Waals surface area (Å²) in [6.07, 6.45) is 2.15. The Morgan fingerprint density at radius 1 is 1.03 bits per heavy atom. The predicted octanol–water partition coefficient (Wildman–Crippen LogP) is 3.57. The van der Waals surface area contributed by atoms with E-state index < -0.39 is 22.7 Å². The molecule has 4 rings (SSSR count). The summed E-state index contributed by atoms with van der Waals surface area (Å²) in [5.74, 6) is -1.68. The highest BCUT2D eigenvalue weighted by Gasteiger charge is 2.52. The van der Waals surface area contributed by atoms with Crippen LogP contribution in [-0.4, -0.2) is 32.7 Å². The van der Waals surface area contributed by atoms with Crippen LogP contribution in [0.2, 0.25) is 0 Å². The lowest BCUT2D eigenvalue weighted by Crippen LogP contribution is -2.49. The molecule has 1 aliphatic carbocycles. The maximum atomic E-state index is 13.4. The lowest BCUT2D eigenvalue weighted by molar-refractivity contribution is -0.384. The van der Waals surface area contributed by atoms with E-state index >= 15 is 0 Å². The number of hydrogen-bond donors (Lipinski definition) is 0. The van der Waals surface area contributed by atoms with Gasteiger partial charge in [-0.25, -0.2) is 5.01 Å². The molecule has 8 heteroatoms. The minimum Gasteiger partial charge on any atom is -0.272 e. The second-order valence-electron chi connectivity index (χ2n) is 8.27. The first-order chi connectivity index (χ1) is 14.9. The van der Waals surface area contributed by atoms with E-state index in [0.717, 1.165) is 17.0 Å². The highest BCUT2D eigenvalue weighted by molar-refractivity contribution is 6.07. The first kappa shape index (κ1) is 20.7. The van der Waals surface area contributed by atoms with Crippen molar-refractivity contribution in [3.63, 3.8) is 0 Å². The Bertz CT molecular complexity index is 1020. The third-order valence-corrected chi connectivity index (χ3v) is 6.14. The molecule has 1 aliphatic heterocycles. The maximum absolute atomic E-state index is 13.4. The summed E-state index contributed by atoms with van der Waals surface area (Å²) < 4.78 is 0. The molecular weight excluding hydrogens is 398 g/mol. The number of amides is 3. The average Bonchev–Trinajstić information content (AvgIpc) is 3.02. The van der Waals surface area contributed by atoms with Crippen molar-refractivity contribution in [2.24, 2.45) is 17.8 Å². The molecule has 1 saturated heterocycles. The molecule has 160 valence electrons. The van der Waals surface area contributed by atoms with Gasteiger partial charge in [-0.1, -0.05) is 37.3 Å². The summed E-state index contributed by atoms with van der Waals surface area (Å²) in [6.45, 7) is 2.11. The van der Waals surface area contributed by atoms with Crippen molar-refractivity contribution in [1.82, 2.24) is 10.0 Å². The molecule has 3 amide bonds. The van der Waals surface area contributed by atoms with E-state index in [9.17, 15) is 24.5 Å². The number of benzene rings is 2. The van der Waals surface area contributed by atoms with Gasteiger partial charge in [-0.3, -0.25) is 24.5 Å². The Morgan fingerprint density at radius 3 is 2.32 bits per heavy atom. The molecule has 31 heavy (non-hydrogen) atoms. The van der Waals surface area contributed by atoms with E-state index in [0.29, 0.717) is 18.8 Å². The van der Waals surface area contributed by atoms with E-state index in [1.54, 1.807) is 0 Å². The number of nitrogens with zero attached hydrogens (tertiary/aromatic N) is 3. The van der Waals surface area contributed by atoms with Gasteiger partial charge in [-0.2, -0.15) is 5.01 Å². The molecule has 0 radical (unpaired) electrons. The fourth-order valence-corrected chi connectivity index (χ4v) is 4.47. The average molecular weight is 421 g/mol. The summed E-state index contributed by atoms with van der Waals surface area (Å²) in [5.41, 5.74) is 0.798. The van der Waals surface area contributed by atoms with Crippen molar-refractivity contribution in [2.45, 2.75) is 32.7 Å². The molecule has 0 N–H and O–H groups in total. The van der Waals surface area contributed by atoms with Crippen molar-refractivity contribution >= 4 is 23.4 Å². The van der Waals surface area contributed by atoms with E-state index in [1.165, 1.54) is 29.3 Å². The summed E-state index contributed by atoms with van der Waals surface area (Å²) in [6, 6.07) is 14.3. The third-order valence-electron chi connectivity index (χ3n) is 6.14. The van der Waals surface area contributed by atoms with Crippen molar-refractivity contribution in [2.75, 3.05) is 0 Å². The SMILES string of the molecule is C[C@@H]1CC[C@@H]2C(=O)N(N(Cc3ccccc3)C(=O)c3ccc([N+](=O)[O-])cc3)C(=O)[C@@H]2C1. The number of fused-ring (bicyclic) bond motifs is 1. The molecule has 8 nitrogen and oxygen atoms in total. The van der Waals surface area contributed by atoms with Crippen LogP contribution in [0.15, 0.2) is 54.6 Å². The number of nitro groups is 1. The number of nitro benzene ring substituents is 1. The van der Waals surface area contributed by atoms with Gasteiger partial charge >= 0.3 is 0 Å². The summed E-state index contributed by atoms with van der Waals surface area (Å²) in [4.78, 5) is 50.2. The molecule has 1 heterocycles. The highest BCUT2D eigenvalue weighted by Crippen LogP contribution is 2.41. The molecule has 0 aromatic heterocycles. The van der Waals surface area contributed by atoms with Gasteiger partial charge in [0.2, 0.25) is 0 Å². The third kappa shape index (κ3) is 3.93. The number of hydrogen-bond acceptors (Lipinski definition) is 5. The Morgan fingerprint density at radius 2 is 1.68 bits per heavy atom. The molecule has 1 saturated carbocycles. The van der Waals surface area contributed by atoms with Crippen LogP contribution in [0.5, 0.6) is 0 Å². The molecule has 3 atom stereocenters. The number of rotatable bonds is 5. The number of imide groups is 1. The van der Waals surface area contributed by atoms with Gasteiger partial charge in [-0.05, 0) is 42.9 Å². The van der Waals surface area contributed by atoms with Crippen molar-refractivity contribution in [3.8, 4) is 0 Å². The zero-order chi connectivity index (χ0) is 22.1.